The van der Waals surface area contributed by atoms with E-state index < -0.39 is 4.92 Å². The molecule has 19 heavy (non-hydrogen) atoms. The van der Waals surface area contributed by atoms with E-state index in [1.165, 1.54) is 0 Å². The van der Waals surface area contributed by atoms with Gasteiger partial charge in [0.2, 0.25) is 0 Å². The normalized spacial score (nSPS) is 10.7. The fourth-order valence-electron chi connectivity index (χ4n) is 1.92. The fraction of sp³-hybridized carbons (Fsp3) is 0.250. The van der Waals surface area contributed by atoms with E-state index in [4.69, 9.17) is 23.2 Å². The number of benzene rings is 1. The van der Waals surface area contributed by atoms with Crippen LogP contribution in [0.2, 0.25) is 10.0 Å². The predicted octanol–water partition coefficient (Wildman–Crippen LogP) is 3.76. The van der Waals surface area contributed by atoms with Crippen molar-refractivity contribution >= 4 is 28.9 Å². The first-order valence-corrected chi connectivity index (χ1v) is 6.28. The Hall–Kier alpha value is -1.59. The van der Waals surface area contributed by atoms with Crippen LogP contribution in [-0.4, -0.2) is 14.7 Å². The van der Waals surface area contributed by atoms with Gasteiger partial charge in [-0.05, 0) is 31.5 Å². The molecule has 0 spiro atoms. The Bertz CT molecular complexity index is 653. The molecule has 7 heteroatoms. The summed E-state index contributed by atoms with van der Waals surface area (Å²) in [5.74, 6) is 0. The highest BCUT2D eigenvalue weighted by Crippen LogP contribution is 2.25. The molecule has 0 amide bonds. The highest BCUT2D eigenvalue weighted by atomic mass is 35.5. The predicted molar refractivity (Wildman–Crippen MR) is 73.9 cm³/mol. The van der Waals surface area contributed by atoms with Crippen molar-refractivity contribution in [3.05, 3.63) is 55.3 Å². The van der Waals surface area contributed by atoms with E-state index in [-0.39, 0.29) is 5.69 Å². The van der Waals surface area contributed by atoms with Crippen LogP contribution in [0, 0.1) is 24.0 Å². The van der Waals surface area contributed by atoms with Gasteiger partial charge in [0.15, 0.2) is 0 Å². The maximum absolute atomic E-state index is 10.9. The van der Waals surface area contributed by atoms with Crippen molar-refractivity contribution in [1.29, 1.82) is 0 Å². The van der Waals surface area contributed by atoms with Gasteiger partial charge in [-0.3, -0.25) is 14.8 Å². The van der Waals surface area contributed by atoms with Crippen molar-refractivity contribution in [3.63, 3.8) is 0 Å². The first kappa shape index (κ1) is 13.8. The van der Waals surface area contributed by atoms with Crippen molar-refractivity contribution in [2.45, 2.75) is 20.4 Å². The lowest BCUT2D eigenvalue weighted by atomic mass is 10.2. The minimum atomic E-state index is -0.419. The van der Waals surface area contributed by atoms with Gasteiger partial charge >= 0.3 is 5.69 Å². The second-order valence-corrected chi connectivity index (χ2v) is 5.01. The minimum Gasteiger partial charge on any atom is -0.258 e. The maximum Gasteiger partial charge on any atom is 0.312 e. The Balaban J connectivity index is 2.39. The minimum absolute atomic E-state index is 0.0464. The molecule has 1 aromatic carbocycles. The third kappa shape index (κ3) is 2.72. The van der Waals surface area contributed by atoms with Crippen LogP contribution in [0.5, 0.6) is 0 Å². The number of nitrogens with zero attached hydrogens (tertiary/aromatic N) is 3. The summed E-state index contributed by atoms with van der Waals surface area (Å²) in [5.41, 5.74) is 1.76. The Morgan fingerprint density at radius 3 is 2.58 bits per heavy atom. The van der Waals surface area contributed by atoms with E-state index >= 15 is 0 Å². The number of nitro groups is 1. The molecule has 0 N–H and O–H groups in total. The molecule has 0 aliphatic rings. The highest BCUT2D eigenvalue weighted by molar-refractivity contribution is 6.35. The van der Waals surface area contributed by atoms with Crippen LogP contribution in [0.25, 0.3) is 0 Å². The molecule has 1 heterocycles. The molecule has 0 aliphatic carbocycles. The Morgan fingerprint density at radius 2 is 2.05 bits per heavy atom. The third-order valence-electron chi connectivity index (χ3n) is 2.86. The summed E-state index contributed by atoms with van der Waals surface area (Å²) < 4.78 is 1.57. The van der Waals surface area contributed by atoms with Gasteiger partial charge in [0.25, 0.3) is 0 Å². The van der Waals surface area contributed by atoms with Crippen LogP contribution < -0.4 is 0 Å². The van der Waals surface area contributed by atoms with E-state index in [2.05, 4.69) is 5.10 Å². The van der Waals surface area contributed by atoms with E-state index in [1.807, 2.05) is 0 Å². The van der Waals surface area contributed by atoms with Gasteiger partial charge in [0.1, 0.15) is 11.4 Å². The molecule has 100 valence electrons. The summed E-state index contributed by atoms with van der Waals surface area (Å²) in [6.45, 7) is 3.66. The smallest absolute Gasteiger partial charge is 0.258 e. The maximum atomic E-state index is 10.9. The molecule has 0 atom stereocenters. The van der Waals surface area contributed by atoms with Crippen LogP contribution in [0.3, 0.4) is 0 Å². The van der Waals surface area contributed by atoms with Crippen LogP contribution in [0.1, 0.15) is 17.0 Å². The average Bonchev–Trinajstić information content (AvgIpc) is 2.58. The van der Waals surface area contributed by atoms with Gasteiger partial charge in [-0.2, -0.15) is 5.10 Å². The van der Waals surface area contributed by atoms with E-state index in [0.29, 0.717) is 28.0 Å². The van der Waals surface area contributed by atoms with Crippen molar-refractivity contribution < 1.29 is 4.92 Å². The monoisotopic (exact) mass is 299 g/mol. The summed E-state index contributed by atoms with van der Waals surface area (Å²) in [6, 6.07) is 5.15. The number of rotatable bonds is 3. The Labute approximate surface area is 119 Å². The molecule has 5 nitrogen and oxygen atoms in total. The van der Waals surface area contributed by atoms with Crippen molar-refractivity contribution in [3.8, 4) is 0 Å². The molecule has 0 bridgehead atoms. The number of aryl methyl sites for hydroxylation is 1. The molecule has 0 fully saturated rings. The van der Waals surface area contributed by atoms with Crippen LogP contribution in [0.15, 0.2) is 18.2 Å². The lowest BCUT2D eigenvalue weighted by Crippen LogP contribution is -2.05. The van der Waals surface area contributed by atoms with Gasteiger partial charge in [0.05, 0.1) is 11.5 Å². The standard InChI is InChI=1S/C12H11Cl2N3O2/c1-7-12(17(18)19)8(2)16(15-7)6-9-3-4-10(13)5-11(9)14/h3-5H,6H2,1-2H3. The molecule has 2 aromatic rings. The summed E-state index contributed by atoms with van der Waals surface area (Å²) >= 11 is 11.9. The van der Waals surface area contributed by atoms with Gasteiger partial charge in [-0.15, -0.1) is 0 Å². The Kier molecular flexibility index (Phi) is 3.78. The van der Waals surface area contributed by atoms with Gasteiger partial charge in [-0.1, -0.05) is 29.3 Å². The second-order valence-electron chi connectivity index (χ2n) is 4.17. The van der Waals surface area contributed by atoms with Crippen LogP contribution >= 0.6 is 23.2 Å². The van der Waals surface area contributed by atoms with E-state index in [9.17, 15) is 10.1 Å². The quantitative estimate of drug-likeness (QED) is 0.640. The number of hydrogen-bond donors (Lipinski definition) is 0. The molecule has 0 saturated carbocycles. The molecular formula is C12H11Cl2N3O2. The zero-order valence-electron chi connectivity index (χ0n) is 10.4. The second kappa shape index (κ2) is 5.19. The molecule has 2 rings (SSSR count). The lowest BCUT2D eigenvalue weighted by molar-refractivity contribution is -0.386. The Morgan fingerprint density at radius 1 is 1.37 bits per heavy atom. The molecule has 0 unspecified atom stereocenters. The molecule has 0 aliphatic heterocycles. The first-order chi connectivity index (χ1) is 8.90. The molecule has 0 radical (unpaired) electrons. The highest BCUT2D eigenvalue weighted by Gasteiger charge is 2.21. The zero-order valence-corrected chi connectivity index (χ0v) is 11.9. The van der Waals surface area contributed by atoms with Crippen LogP contribution in [0.4, 0.5) is 5.69 Å². The van der Waals surface area contributed by atoms with E-state index in [1.54, 1.807) is 36.7 Å². The summed E-state index contributed by atoms with van der Waals surface area (Å²) in [6.07, 6.45) is 0. The fourth-order valence-corrected chi connectivity index (χ4v) is 2.39. The van der Waals surface area contributed by atoms with Gasteiger partial charge in [0, 0.05) is 10.0 Å². The topological polar surface area (TPSA) is 61.0 Å². The molecule has 1 aromatic heterocycles. The largest absolute Gasteiger partial charge is 0.312 e. The molecule has 0 saturated heterocycles. The van der Waals surface area contributed by atoms with Crippen molar-refractivity contribution in [1.82, 2.24) is 9.78 Å². The van der Waals surface area contributed by atoms with Gasteiger partial charge < -0.3 is 0 Å². The zero-order chi connectivity index (χ0) is 14.2. The van der Waals surface area contributed by atoms with Gasteiger partial charge in [-0.25, -0.2) is 0 Å². The summed E-state index contributed by atoms with van der Waals surface area (Å²) in [7, 11) is 0. The number of aromatic nitrogens is 2. The van der Waals surface area contributed by atoms with Crippen molar-refractivity contribution in [2.24, 2.45) is 0 Å². The first-order valence-electron chi connectivity index (χ1n) is 5.52. The SMILES string of the molecule is Cc1nn(Cc2ccc(Cl)cc2Cl)c(C)c1[N+](=O)[O-]. The lowest BCUT2D eigenvalue weighted by Gasteiger charge is -2.06. The van der Waals surface area contributed by atoms with Crippen molar-refractivity contribution in [2.75, 3.05) is 0 Å². The average molecular weight is 300 g/mol. The third-order valence-corrected chi connectivity index (χ3v) is 3.45. The number of halogens is 2. The summed E-state index contributed by atoms with van der Waals surface area (Å²) in [5, 5.41) is 16.2. The van der Waals surface area contributed by atoms with E-state index in [0.717, 1.165) is 5.56 Å². The summed E-state index contributed by atoms with van der Waals surface area (Å²) in [4.78, 5) is 10.5. The number of hydrogen-bond acceptors (Lipinski definition) is 3. The van der Waals surface area contributed by atoms with Crippen LogP contribution in [-0.2, 0) is 6.54 Å². The molecular weight excluding hydrogens is 289 g/mol.